The standard InChI is InChI=1S/C19H13BN7O7S2.O3S.Y/c20-18-22-8-23-19(25-18)24-10-1-3-11(4-2-10)26-27-17-15-9(6-14(16(17)21)35-34-33-29)5-12(7-13(15)28)36(30,31)32;1-4(2)3;/h1-7,28-29H,21H2,(H,30,31,32)(H,22,23,24,25);;/q-1;;. The van der Waals surface area contributed by atoms with Gasteiger partial charge >= 0.3 is 10.6 Å². The van der Waals surface area contributed by atoms with Crippen molar-refractivity contribution in [3.8, 4) is 5.75 Å². The average Bonchev–Trinajstić information content (AvgIpc) is 2.87. The maximum absolute atomic E-state index is 11.6. The van der Waals surface area contributed by atoms with E-state index in [0.717, 1.165) is 12.1 Å². The number of azo groups is 1. The predicted octanol–water partition coefficient (Wildman–Crippen LogP) is 1.73. The molecule has 0 bridgehead atoms. The number of hydrogen-bond donors (Lipinski definition) is 5. The molecule has 0 atom stereocenters. The summed E-state index contributed by atoms with van der Waals surface area (Å²) in [5.74, 6) is -0.330. The first-order chi connectivity index (χ1) is 18.9. The topological polar surface area (TPSA) is 266 Å². The molecule has 6 N–H and O–H groups in total. The molecule has 0 aliphatic heterocycles. The Morgan fingerprint density at radius 3 is 2.34 bits per heavy atom. The second-order valence-electron chi connectivity index (χ2n) is 7.07. The molecule has 1 aromatic heterocycles. The molecule has 0 aliphatic carbocycles. The number of anilines is 3. The van der Waals surface area contributed by atoms with Crippen LogP contribution in [0.2, 0.25) is 0 Å². The molecule has 3 radical (unpaired) electrons. The van der Waals surface area contributed by atoms with Crippen molar-refractivity contribution in [2.24, 2.45) is 10.2 Å². The van der Waals surface area contributed by atoms with E-state index in [-0.39, 0.29) is 71.4 Å². The zero-order valence-electron chi connectivity index (χ0n) is 19.9. The zero-order valence-corrected chi connectivity index (χ0v) is 25.2. The van der Waals surface area contributed by atoms with Crippen molar-refractivity contribution < 1.29 is 78.0 Å². The van der Waals surface area contributed by atoms with Gasteiger partial charge in [-0.15, -0.1) is 22.1 Å². The fourth-order valence-corrected chi connectivity index (χ4v) is 4.03. The van der Waals surface area contributed by atoms with Crippen LogP contribution in [0, 0.1) is 6.33 Å². The number of benzene rings is 3. The van der Waals surface area contributed by atoms with E-state index in [1.54, 1.807) is 24.3 Å². The summed E-state index contributed by atoms with van der Waals surface area (Å²) in [5.41, 5.74) is 7.10. The number of aromatic nitrogens is 3. The van der Waals surface area contributed by atoms with Crippen LogP contribution in [0.25, 0.3) is 10.8 Å². The fraction of sp³-hybridized carbons (Fsp3) is 0. The largest absolute Gasteiger partial charge is 0.507 e. The van der Waals surface area contributed by atoms with Crippen LogP contribution in [0.1, 0.15) is 0 Å². The number of nitrogens with two attached hydrogens (primary N) is 1. The predicted molar refractivity (Wildman–Crippen MR) is 138 cm³/mol. The normalized spacial score (nSPS) is 11.0. The summed E-state index contributed by atoms with van der Waals surface area (Å²) in [6.45, 7) is 0. The van der Waals surface area contributed by atoms with Gasteiger partial charge in [-0.2, -0.15) is 13.5 Å². The van der Waals surface area contributed by atoms with Crippen LogP contribution >= 0.6 is 12.0 Å². The molecular formula is C19H13BN7O10S3Y-. The minimum absolute atomic E-state index is 0. The first-order valence-corrected chi connectivity index (χ1v) is 13.2. The van der Waals surface area contributed by atoms with Crippen molar-refractivity contribution in [2.45, 2.75) is 9.79 Å². The molecule has 4 rings (SSSR count). The van der Waals surface area contributed by atoms with E-state index in [1.807, 2.05) is 0 Å². The number of phenolic OH excluding ortho intramolecular Hbond substituents is 1. The van der Waals surface area contributed by atoms with Gasteiger partial charge in [0.2, 0.25) is 0 Å². The van der Waals surface area contributed by atoms with Gasteiger partial charge in [-0.25, -0.2) is 5.26 Å². The smallest absolute Gasteiger partial charge is 0.425 e. The van der Waals surface area contributed by atoms with Gasteiger partial charge in [0.15, 0.2) is 0 Å². The Hall–Kier alpha value is -3.14. The molecule has 1 heterocycles. The van der Waals surface area contributed by atoms with Gasteiger partial charge in [-0.3, -0.25) is 4.55 Å². The monoisotopic (exact) mass is 695 g/mol. The van der Waals surface area contributed by atoms with Gasteiger partial charge in [-0.05, 0) is 47.5 Å². The third kappa shape index (κ3) is 9.73. The number of nitrogen functional groups attached to an aromatic ring is 1. The molecule has 0 saturated heterocycles. The molecule has 4 aromatic rings. The number of aromatic hydroxyl groups is 1. The molecule has 22 heteroatoms. The number of nitrogens with one attached hydrogen (secondary N) is 1. The Kier molecular flexibility index (Phi) is 12.6. The molecule has 209 valence electrons. The van der Waals surface area contributed by atoms with Crippen molar-refractivity contribution in [2.75, 3.05) is 11.1 Å². The van der Waals surface area contributed by atoms with Crippen molar-refractivity contribution >= 4 is 85.8 Å². The molecule has 41 heavy (non-hydrogen) atoms. The third-order valence-electron chi connectivity index (χ3n) is 4.55. The van der Waals surface area contributed by atoms with Crippen molar-refractivity contribution in [1.29, 1.82) is 0 Å². The molecule has 0 saturated carbocycles. The second-order valence-corrected chi connectivity index (χ2v) is 9.64. The summed E-state index contributed by atoms with van der Waals surface area (Å²) >= 11 is 0.492. The Labute approximate surface area is 262 Å². The summed E-state index contributed by atoms with van der Waals surface area (Å²) in [4.78, 5) is 10.9. The van der Waals surface area contributed by atoms with E-state index in [4.69, 9.17) is 31.5 Å². The van der Waals surface area contributed by atoms with E-state index < -0.39 is 31.4 Å². The number of phenols is 1. The molecule has 17 nitrogen and oxygen atoms in total. The summed E-state index contributed by atoms with van der Waals surface area (Å²) in [5, 5.41) is 33.9. The molecule has 3 aromatic carbocycles. The zero-order chi connectivity index (χ0) is 29.4. The quantitative estimate of drug-likeness (QED) is 0.0257. The summed E-state index contributed by atoms with van der Waals surface area (Å²) < 4.78 is 62.3. The van der Waals surface area contributed by atoms with Gasteiger partial charge in [0.25, 0.3) is 10.1 Å². The average molecular weight is 695 g/mol. The Morgan fingerprint density at radius 1 is 1.10 bits per heavy atom. The van der Waals surface area contributed by atoms with Gasteiger partial charge in [0, 0.05) is 50.8 Å². The first kappa shape index (κ1) is 34.1. The van der Waals surface area contributed by atoms with Crippen molar-refractivity contribution in [1.82, 2.24) is 15.0 Å². The summed E-state index contributed by atoms with van der Waals surface area (Å²) in [6, 6.07) is 9.81. The van der Waals surface area contributed by atoms with Crippen LogP contribution in [0.4, 0.5) is 28.7 Å². The Morgan fingerprint density at radius 2 is 1.76 bits per heavy atom. The Balaban J connectivity index is 0.00000110. The van der Waals surface area contributed by atoms with Crippen LogP contribution in [-0.4, -0.2) is 58.8 Å². The summed E-state index contributed by atoms with van der Waals surface area (Å²) in [6.07, 6.45) is 2.36. The molecular weight excluding hydrogens is 682 g/mol. The molecule has 0 amide bonds. The number of nitrogens with zero attached hydrogens (tertiary/aromatic N) is 5. The van der Waals surface area contributed by atoms with E-state index in [0.29, 0.717) is 23.4 Å². The van der Waals surface area contributed by atoms with Crippen molar-refractivity contribution in [3.63, 3.8) is 0 Å². The van der Waals surface area contributed by atoms with Gasteiger partial charge in [-0.1, -0.05) is 5.04 Å². The van der Waals surface area contributed by atoms with Gasteiger partial charge in [0.1, 0.15) is 17.4 Å². The second kappa shape index (κ2) is 15.2. The van der Waals surface area contributed by atoms with Crippen LogP contribution in [0.3, 0.4) is 0 Å². The first-order valence-electron chi connectivity index (χ1n) is 10.0. The molecule has 0 spiro atoms. The van der Waals surface area contributed by atoms with E-state index in [9.17, 15) is 18.1 Å². The molecule has 0 aliphatic rings. The van der Waals surface area contributed by atoms with Crippen LogP contribution in [0.15, 0.2) is 62.5 Å². The van der Waals surface area contributed by atoms with Crippen LogP contribution < -0.4 is 16.8 Å². The van der Waals surface area contributed by atoms with Gasteiger partial charge in [0.05, 0.1) is 46.4 Å². The van der Waals surface area contributed by atoms with Crippen LogP contribution in [0.5, 0.6) is 5.75 Å². The summed E-state index contributed by atoms with van der Waals surface area (Å²) in [7, 11) is -2.24. The van der Waals surface area contributed by atoms with Gasteiger partial charge < -0.3 is 31.1 Å². The SMILES string of the molecule is O=S(=O)=O.[B]c1n[c-]nc(Nc2ccc(N=Nc3c(N)c(SOOO)cc4cc(S(=O)(=O)O)cc(O)c34)cc2)n1.[Y]. The number of fused-ring (bicyclic) bond motifs is 1. The minimum Gasteiger partial charge on any atom is -0.507 e. The molecule has 0 unspecified atom stereocenters. The van der Waals surface area contributed by atoms with E-state index in [1.165, 1.54) is 6.07 Å². The van der Waals surface area contributed by atoms with Crippen molar-refractivity contribution in [3.05, 3.63) is 48.8 Å². The Bertz CT molecular complexity index is 1790. The van der Waals surface area contributed by atoms with E-state index in [2.05, 4.69) is 46.2 Å². The molecule has 0 fully saturated rings. The third-order valence-corrected chi connectivity index (χ3v) is 6.03. The maximum Gasteiger partial charge on any atom is 0.425 e. The maximum atomic E-state index is 11.6. The van der Waals surface area contributed by atoms with E-state index >= 15 is 0 Å². The number of rotatable bonds is 8. The fourth-order valence-electron chi connectivity index (χ4n) is 3.02. The minimum atomic E-state index is -4.63. The number of hydrogen-bond acceptors (Lipinski definition) is 17. The van der Waals surface area contributed by atoms with Crippen LogP contribution in [-0.2, 0) is 62.8 Å².